The maximum atomic E-state index is 10.7. The number of rotatable bonds is 3. The largest absolute Gasteiger partial charge is 0.478 e. The van der Waals surface area contributed by atoms with E-state index in [0.717, 1.165) is 4.90 Å². The van der Waals surface area contributed by atoms with Gasteiger partial charge in [-0.25, -0.2) is 9.78 Å². The second-order valence-electron chi connectivity index (χ2n) is 3.40. The van der Waals surface area contributed by atoms with Gasteiger partial charge in [-0.05, 0) is 24.3 Å². The third-order valence-electron chi connectivity index (χ3n) is 2.21. The number of nitrogens with zero attached hydrogens (tertiary/aromatic N) is 2. The number of hydrogen-bond donors (Lipinski definition) is 1. The molecule has 18 heavy (non-hydrogen) atoms. The third kappa shape index (κ3) is 2.67. The van der Waals surface area contributed by atoms with Gasteiger partial charge in [0.15, 0.2) is 0 Å². The first-order valence-corrected chi connectivity index (χ1v) is 5.88. The zero-order valence-corrected chi connectivity index (χ0v) is 10.0. The minimum atomic E-state index is -1.00. The molecule has 1 aromatic heterocycles. The van der Waals surface area contributed by atoms with Gasteiger partial charge in [0, 0.05) is 11.1 Å². The molecule has 0 aliphatic heterocycles. The highest BCUT2D eigenvalue weighted by Gasteiger charge is 2.06. The van der Waals surface area contributed by atoms with Gasteiger partial charge in [0.2, 0.25) is 0 Å². The van der Waals surface area contributed by atoms with Gasteiger partial charge in [-0.15, -0.1) is 0 Å². The van der Waals surface area contributed by atoms with E-state index in [-0.39, 0.29) is 5.56 Å². The first-order chi connectivity index (χ1) is 8.70. The second kappa shape index (κ2) is 5.34. The third-order valence-corrected chi connectivity index (χ3v) is 3.23. The van der Waals surface area contributed by atoms with Crippen LogP contribution in [0.4, 0.5) is 0 Å². The van der Waals surface area contributed by atoms with Gasteiger partial charge in [-0.3, -0.25) is 0 Å². The molecular weight excluding hydrogens is 248 g/mol. The number of benzene rings is 1. The van der Waals surface area contributed by atoms with Crippen LogP contribution >= 0.6 is 11.8 Å². The van der Waals surface area contributed by atoms with Crippen LogP contribution in [0.15, 0.2) is 52.5 Å². The number of aromatic carboxylic acids is 1. The van der Waals surface area contributed by atoms with E-state index in [2.05, 4.69) is 11.1 Å². The van der Waals surface area contributed by atoms with E-state index in [1.165, 1.54) is 24.0 Å². The molecular formula is C13H8N2O2S. The van der Waals surface area contributed by atoms with Crippen LogP contribution in [0.25, 0.3) is 0 Å². The molecule has 5 heteroatoms. The van der Waals surface area contributed by atoms with Crippen molar-refractivity contribution in [3.05, 3.63) is 53.7 Å². The topological polar surface area (TPSA) is 74.0 Å². The molecule has 0 aliphatic rings. The first kappa shape index (κ1) is 12.1. The van der Waals surface area contributed by atoms with Crippen molar-refractivity contribution in [3.63, 3.8) is 0 Å². The maximum Gasteiger partial charge on any atom is 0.337 e. The summed E-state index contributed by atoms with van der Waals surface area (Å²) in [5, 5.41) is 18.4. The molecule has 1 aromatic carbocycles. The number of pyridine rings is 1. The Bertz CT molecular complexity index is 618. The van der Waals surface area contributed by atoms with Crippen molar-refractivity contribution >= 4 is 17.7 Å². The summed E-state index contributed by atoms with van der Waals surface area (Å²) in [4.78, 5) is 15.5. The summed E-state index contributed by atoms with van der Waals surface area (Å²) in [5.74, 6) is -1.00. The smallest absolute Gasteiger partial charge is 0.337 e. The molecule has 2 rings (SSSR count). The van der Waals surface area contributed by atoms with E-state index in [9.17, 15) is 4.79 Å². The van der Waals surface area contributed by atoms with Gasteiger partial charge in [0.1, 0.15) is 11.1 Å². The van der Waals surface area contributed by atoms with Gasteiger partial charge < -0.3 is 5.11 Å². The number of carbonyl (C=O) groups is 1. The monoisotopic (exact) mass is 256 g/mol. The minimum Gasteiger partial charge on any atom is -0.478 e. The molecule has 0 saturated heterocycles. The maximum absolute atomic E-state index is 10.7. The molecule has 0 bridgehead atoms. The molecule has 2 aromatic rings. The number of aromatic nitrogens is 1. The van der Waals surface area contributed by atoms with Crippen LogP contribution in [0.3, 0.4) is 0 Å². The molecule has 0 atom stereocenters. The average Bonchev–Trinajstić information content (AvgIpc) is 2.40. The van der Waals surface area contributed by atoms with Crippen LogP contribution in [-0.2, 0) is 0 Å². The average molecular weight is 256 g/mol. The quantitative estimate of drug-likeness (QED) is 0.914. The Balaban J connectivity index is 2.24. The lowest BCUT2D eigenvalue weighted by molar-refractivity contribution is 0.0696. The van der Waals surface area contributed by atoms with Gasteiger partial charge >= 0.3 is 5.97 Å². The first-order valence-electron chi connectivity index (χ1n) is 5.07. The van der Waals surface area contributed by atoms with Gasteiger partial charge in [-0.1, -0.05) is 23.9 Å². The Kier molecular flexibility index (Phi) is 3.60. The zero-order valence-electron chi connectivity index (χ0n) is 9.20. The van der Waals surface area contributed by atoms with Crippen LogP contribution < -0.4 is 0 Å². The molecule has 0 unspecified atom stereocenters. The van der Waals surface area contributed by atoms with E-state index in [1.54, 1.807) is 18.2 Å². The summed E-state index contributed by atoms with van der Waals surface area (Å²) in [6.45, 7) is 0. The number of carboxylic acid groups (broad SMARTS) is 1. The molecule has 0 aliphatic carbocycles. The predicted molar refractivity (Wildman–Crippen MR) is 66.5 cm³/mol. The summed E-state index contributed by atoms with van der Waals surface area (Å²) in [5.41, 5.74) is 0.722. The number of nitriles is 1. The van der Waals surface area contributed by atoms with Crippen molar-refractivity contribution in [1.82, 2.24) is 4.98 Å². The van der Waals surface area contributed by atoms with E-state index < -0.39 is 5.97 Å². The van der Waals surface area contributed by atoms with Crippen LogP contribution in [0.5, 0.6) is 0 Å². The van der Waals surface area contributed by atoms with E-state index in [0.29, 0.717) is 10.6 Å². The van der Waals surface area contributed by atoms with Crippen molar-refractivity contribution in [3.8, 4) is 6.07 Å². The standard InChI is InChI=1S/C13H8N2O2S/c14-7-9-3-1-2-4-11(9)18-12-6-5-10(8-15-12)13(16)17/h1-6,8H,(H,16,17). The van der Waals surface area contributed by atoms with Crippen LogP contribution in [0, 0.1) is 11.3 Å². The van der Waals surface area contributed by atoms with Gasteiger partial charge in [-0.2, -0.15) is 5.26 Å². The lowest BCUT2D eigenvalue weighted by Crippen LogP contribution is -1.96. The van der Waals surface area contributed by atoms with Gasteiger partial charge in [0.05, 0.1) is 11.1 Å². The van der Waals surface area contributed by atoms with Crippen molar-refractivity contribution in [2.45, 2.75) is 9.92 Å². The Labute approximate surface area is 108 Å². The highest BCUT2D eigenvalue weighted by atomic mass is 32.2. The molecule has 0 radical (unpaired) electrons. The Morgan fingerprint density at radius 2 is 2.06 bits per heavy atom. The highest BCUT2D eigenvalue weighted by molar-refractivity contribution is 7.99. The lowest BCUT2D eigenvalue weighted by Gasteiger charge is -2.02. The van der Waals surface area contributed by atoms with Crippen LogP contribution in [0.1, 0.15) is 15.9 Å². The Morgan fingerprint density at radius 1 is 1.28 bits per heavy atom. The number of carboxylic acids is 1. The van der Waals surface area contributed by atoms with Crippen molar-refractivity contribution in [1.29, 1.82) is 5.26 Å². The second-order valence-corrected chi connectivity index (χ2v) is 4.46. The summed E-state index contributed by atoms with van der Waals surface area (Å²) in [7, 11) is 0. The summed E-state index contributed by atoms with van der Waals surface area (Å²) >= 11 is 1.33. The van der Waals surface area contributed by atoms with E-state index >= 15 is 0 Å². The molecule has 1 heterocycles. The molecule has 0 spiro atoms. The molecule has 0 amide bonds. The molecule has 0 saturated carbocycles. The lowest BCUT2D eigenvalue weighted by atomic mass is 10.2. The Morgan fingerprint density at radius 3 is 2.67 bits per heavy atom. The predicted octanol–water partition coefficient (Wildman–Crippen LogP) is 2.80. The fourth-order valence-corrected chi connectivity index (χ4v) is 2.16. The fourth-order valence-electron chi connectivity index (χ4n) is 1.33. The summed E-state index contributed by atoms with van der Waals surface area (Å²) in [6, 6.07) is 12.4. The molecule has 4 nitrogen and oxygen atoms in total. The molecule has 1 N–H and O–H groups in total. The van der Waals surface area contributed by atoms with E-state index in [1.807, 2.05) is 12.1 Å². The van der Waals surface area contributed by atoms with Crippen molar-refractivity contribution in [2.24, 2.45) is 0 Å². The van der Waals surface area contributed by atoms with Crippen LogP contribution in [-0.4, -0.2) is 16.1 Å². The normalized spacial score (nSPS) is 9.72. The summed E-state index contributed by atoms with van der Waals surface area (Å²) in [6.07, 6.45) is 1.31. The molecule has 88 valence electrons. The van der Waals surface area contributed by atoms with Crippen LogP contribution in [0.2, 0.25) is 0 Å². The minimum absolute atomic E-state index is 0.146. The van der Waals surface area contributed by atoms with E-state index in [4.69, 9.17) is 10.4 Å². The van der Waals surface area contributed by atoms with Crippen molar-refractivity contribution in [2.75, 3.05) is 0 Å². The highest BCUT2D eigenvalue weighted by Crippen LogP contribution is 2.28. The zero-order chi connectivity index (χ0) is 13.0. The number of hydrogen-bond acceptors (Lipinski definition) is 4. The molecule has 0 fully saturated rings. The fraction of sp³-hybridized carbons (Fsp3) is 0. The Hall–Kier alpha value is -2.32. The SMILES string of the molecule is N#Cc1ccccc1Sc1ccc(C(=O)O)cn1. The van der Waals surface area contributed by atoms with Crippen molar-refractivity contribution < 1.29 is 9.90 Å². The van der Waals surface area contributed by atoms with Gasteiger partial charge in [0.25, 0.3) is 0 Å². The summed E-state index contributed by atoms with van der Waals surface area (Å²) < 4.78 is 0.